The number of hydrogen-bond donors (Lipinski definition) is 0. The summed E-state index contributed by atoms with van der Waals surface area (Å²) in [5, 5.41) is 1.07. The molecule has 174 valence electrons. The van der Waals surface area contributed by atoms with E-state index in [1.54, 1.807) is 33.7 Å². The third-order valence-corrected chi connectivity index (χ3v) is 5.82. The summed E-state index contributed by atoms with van der Waals surface area (Å²) in [7, 11) is 0. The molecule has 4 aromatic rings. The van der Waals surface area contributed by atoms with E-state index in [0.29, 0.717) is 28.4 Å². The third-order valence-electron chi connectivity index (χ3n) is 5.82. The zero-order valence-corrected chi connectivity index (χ0v) is 19.7. The zero-order chi connectivity index (χ0) is 24.3. The third kappa shape index (κ3) is 4.86. The van der Waals surface area contributed by atoms with Gasteiger partial charge in [0.05, 0.1) is 11.0 Å². The van der Waals surface area contributed by atoms with Crippen molar-refractivity contribution in [3.63, 3.8) is 0 Å². The fourth-order valence-electron chi connectivity index (χ4n) is 4.11. The predicted molar refractivity (Wildman–Crippen MR) is 133 cm³/mol. The highest BCUT2D eigenvalue weighted by Gasteiger charge is 2.27. The molecule has 0 atom stereocenters. The Kier molecular flexibility index (Phi) is 6.50. The summed E-state index contributed by atoms with van der Waals surface area (Å²) < 4.78 is 7.19. The van der Waals surface area contributed by atoms with Gasteiger partial charge in [-0.25, -0.2) is 0 Å². The molecule has 0 unspecified atom stereocenters. The molecule has 1 amide bonds. The monoisotopic (exact) mass is 456 g/mol. The van der Waals surface area contributed by atoms with Gasteiger partial charge in [0.1, 0.15) is 6.54 Å². The van der Waals surface area contributed by atoms with E-state index in [2.05, 4.69) is 0 Å². The quantitative estimate of drug-likeness (QED) is 0.316. The molecule has 1 heterocycles. The lowest BCUT2D eigenvalue weighted by Crippen LogP contribution is -2.47. The smallest absolute Gasteiger partial charge is 0.326 e. The van der Waals surface area contributed by atoms with Crippen LogP contribution in [0.1, 0.15) is 26.3 Å². The molecule has 34 heavy (non-hydrogen) atoms. The molecular formula is C28H28N2O4. The Bertz CT molecular complexity index is 1340. The predicted octanol–water partition coefficient (Wildman–Crippen LogP) is 4.53. The van der Waals surface area contributed by atoms with Crippen molar-refractivity contribution in [1.29, 1.82) is 0 Å². The van der Waals surface area contributed by atoms with Crippen LogP contribution in [-0.4, -0.2) is 33.5 Å². The summed E-state index contributed by atoms with van der Waals surface area (Å²) >= 11 is 0. The van der Waals surface area contributed by atoms with Crippen LogP contribution in [-0.2, 0) is 27.4 Å². The van der Waals surface area contributed by atoms with Crippen molar-refractivity contribution in [2.75, 3.05) is 6.61 Å². The molecule has 6 heteroatoms. The number of benzene rings is 3. The first-order valence-corrected chi connectivity index (χ1v) is 11.3. The number of esters is 1. The van der Waals surface area contributed by atoms with Crippen LogP contribution in [0.2, 0.25) is 0 Å². The highest BCUT2D eigenvalue weighted by atomic mass is 16.5. The van der Waals surface area contributed by atoms with E-state index < -0.39 is 11.5 Å². The second-order valence-corrected chi connectivity index (χ2v) is 9.25. The van der Waals surface area contributed by atoms with Gasteiger partial charge in [0.15, 0.2) is 12.0 Å². The number of carbonyl (C=O) groups excluding carboxylic acids is 2. The fraction of sp³-hybridized carbons (Fsp3) is 0.250. The van der Waals surface area contributed by atoms with Crippen LogP contribution >= 0.6 is 0 Å². The molecule has 0 saturated carbocycles. The second-order valence-electron chi connectivity index (χ2n) is 9.25. The van der Waals surface area contributed by atoms with Gasteiger partial charge in [0.25, 0.3) is 5.91 Å². The number of nitrogens with zero attached hydrogens (tertiary/aromatic N) is 2. The minimum absolute atomic E-state index is 0.0762. The first-order valence-electron chi connectivity index (χ1n) is 11.3. The van der Waals surface area contributed by atoms with Crippen molar-refractivity contribution in [2.24, 2.45) is 0 Å². The Morgan fingerprint density at radius 1 is 0.824 bits per heavy atom. The normalized spacial score (nSPS) is 11.5. The largest absolute Gasteiger partial charge is 0.454 e. The number of amides is 1. The molecule has 1 aromatic heterocycles. The molecule has 0 aliphatic heterocycles. The molecule has 0 aliphatic carbocycles. The Balaban J connectivity index is 1.54. The number of fused-ring (bicyclic) bond motifs is 2. The number of pyridine rings is 1. The Morgan fingerprint density at radius 3 is 1.91 bits per heavy atom. The number of ether oxygens (including phenoxy) is 1. The molecule has 0 saturated heterocycles. The van der Waals surface area contributed by atoms with Gasteiger partial charge in [0, 0.05) is 22.9 Å². The maximum Gasteiger partial charge on any atom is 0.326 e. The molecule has 0 N–H and O–H groups in total. The van der Waals surface area contributed by atoms with E-state index >= 15 is 0 Å². The van der Waals surface area contributed by atoms with Crippen LogP contribution in [0, 0.1) is 0 Å². The lowest BCUT2D eigenvalue weighted by atomic mass is 10.0. The van der Waals surface area contributed by atoms with E-state index in [1.807, 2.05) is 75.4 Å². The topological polar surface area (TPSA) is 68.6 Å². The minimum atomic E-state index is -0.541. The molecule has 0 radical (unpaired) electrons. The van der Waals surface area contributed by atoms with Crippen molar-refractivity contribution in [3.05, 3.63) is 94.6 Å². The van der Waals surface area contributed by atoms with E-state index in [-0.39, 0.29) is 24.5 Å². The average molecular weight is 457 g/mol. The lowest BCUT2D eigenvalue weighted by Gasteiger charge is -2.35. The number of para-hydroxylation sites is 2. The first-order chi connectivity index (χ1) is 16.3. The Hall–Kier alpha value is -3.93. The van der Waals surface area contributed by atoms with Gasteiger partial charge in [-0.2, -0.15) is 0 Å². The van der Waals surface area contributed by atoms with Gasteiger partial charge in [-0.15, -0.1) is 0 Å². The van der Waals surface area contributed by atoms with Crippen molar-refractivity contribution in [1.82, 2.24) is 9.47 Å². The SMILES string of the molecule is CC(C)(C)N(Cc1ccccc1)C(=O)COC(=O)Cn1c2ccccc2c(=O)c2ccccc21. The van der Waals surface area contributed by atoms with Gasteiger partial charge in [0.2, 0.25) is 0 Å². The standard InChI is InChI=1S/C28H28N2O4/c1-28(2,3)30(17-20-11-5-4-6-12-20)25(31)19-34-26(32)18-29-23-15-9-7-13-21(23)27(33)22-14-8-10-16-24(22)29/h4-16H,17-19H2,1-3H3. The molecule has 4 rings (SSSR count). The molecule has 0 spiro atoms. The van der Waals surface area contributed by atoms with Crippen LogP contribution in [0.5, 0.6) is 0 Å². The van der Waals surface area contributed by atoms with Crippen LogP contribution in [0.15, 0.2) is 83.7 Å². The van der Waals surface area contributed by atoms with Gasteiger partial charge < -0.3 is 14.2 Å². The summed E-state index contributed by atoms with van der Waals surface area (Å²) in [6, 6.07) is 24.1. The van der Waals surface area contributed by atoms with E-state index in [0.717, 1.165) is 5.56 Å². The van der Waals surface area contributed by atoms with E-state index in [9.17, 15) is 14.4 Å². The number of hydrogen-bond acceptors (Lipinski definition) is 4. The van der Waals surface area contributed by atoms with E-state index in [1.165, 1.54) is 0 Å². The Morgan fingerprint density at radius 2 is 1.35 bits per heavy atom. The van der Waals surface area contributed by atoms with Crippen LogP contribution < -0.4 is 5.43 Å². The maximum atomic E-state index is 13.0. The molecule has 0 aliphatic rings. The average Bonchev–Trinajstić information content (AvgIpc) is 2.83. The highest BCUT2D eigenvalue weighted by molar-refractivity contribution is 5.94. The van der Waals surface area contributed by atoms with Crippen molar-refractivity contribution in [3.8, 4) is 0 Å². The van der Waals surface area contributed by atoms with Crippen LogP contribution in [0.25, 0.3) is 21.8 Å². The Labute approximate surface area is 198 Å². The minimum Gasteiger partial charge on any atom is -0.454 e. The lowest BCUT2D eigenvalue weighted by molar-refractivity contribution is -0.155. The van der Waals surface area contributed by atoms with Crippen LogP contribution in [0.4, 0.5) is 0 Å². The van der Waals surface area contributed by atoms with Gasteiger partial charge in [-0.05, 0) is 50.6 Å². The number of aromatic nitrogens is 1. The second kappa shape index (κ2) is 9.51. The molecule has 6 nitrogen and oxygen atoms in total. The van der Waals surface area contributed by atoms with Crippen molar-refractivity contribution >= 4 is 33.7 Å². The van der Waals surface area contributed by atoms with Gasteiger partial charge in [-0.1, -0.05) is 54.6 Å². The zero-order valence-electron chi connectivity index (χ0n) is 19.7. The number of carbonyl (C=O) groups is 2. The summed E-state index contributed by atoms with van der Waals surface area (Å²) in [5.41, 5.74) is 1.78. The van der Waals surface area contributed by atoms with Gasteiger partial charge in [-0.3, -0.25) is 14.4 Å². The van der Waals surface area contributed by atoms with E-state index in [4.69, 9.17) is 4.74 Å². The molecule has 0 fully saturated rings. The molecule has 3 aromatic carbocycles. The summed E-state index contributed by atoms with van der Waals surface area (Å²) in [6.45, 7) is 5.83. The van der Waals surface area contributed by atoms with Crippen molar-refractivity contribution in [2.45, 2.75) is 39.4 Å². The highest BCUT2D eigenvalue weighted by Crippen LogP contribution is 2.20. The summed E-state index contributed by atoms with van der Waals surface area (Å²) in [4.78, 5) is 40.4. The molecular weight excluding hydrogens is 428 g/mol. The van der Waals surface area contributed by atoms with Crippen molar-refractivity contribution < 1.29 is 14.3 Å². The number of rotatable bonds is 6. The summed E-state index contributed by atoms with van der Waals surface area (Å²) in [6.07, 6.45) is 0. The maximum absolute atomic E-state index is 13.0. The first kappa shape index (κ1) is 23.2. The summed E-state index contributed by atoms with van der Waals surface area (Å²) in [5.74, 6) is -0.805. The fourth-order valence-corrected chi connectivity index (χ4v) is 4.11. The molecule has 0 bridgehead atoms. The van der Waals surface area contributed by atoms with Crippen LogP contribution in [0.3, 0.4) is 0 Å². The van der Waals surface area contributed by atoms with Gasteiger partial charge >= 0.3 is 5.97 Å².